The van der Waals surface area contributed by atoms with E-state index >= 15 is 0 Å². The number of hydrogen-bond acceptors (Lipinski definition) is 2. The third-order valence-corrected chi connectivity index (χ3v) is 3.30. The number of hydrogen-bond donors (Lipinski definition) is 1. The number of benzene rings is 2. The van der Waals surface area contributed by atoms with E-state index in [4.69, 9.17) is 33.7 Å². The van der Waals surface area contributed by atoms with E-state index in [-0.39, 0.29) is 12.1 Å². The summed E-state index contributed by atoms with van der Waals surface area (Å²) >= 11 is 12.1. The molecule has 0 aliphatic heterocycles. The van der Waals surface area contributed by atoms with Crippen molar-refractivity contribution in [2.75, 3.05) is 0 Å². The molecular formula is C15H15Cl2NO. The molecule has 0 heterocycles. The molecule has 0 aromatic heterocycles. The van der Waals surface area contributed by atoms with Crippen LogP contribution in [-0.4, -0.2) is 6.04 Å². The van der Waals surface area contributed by atoms with Gasteiger partial charge in [-0.25, -0.2) is 0 Å². The van der Waals surface area contributed by atoms with Crippen molar-refractivity contribution < 1.29 is 4.74 Å². The highest BCUT2D eigenvalue weighted by Crippen LogP contribution is 2.32. The number of ether oxygens (including phenoxy) is 1. The standard InChI is InChI=1S/C15H15Cl2NO/c1-10(18)15(11-5-3-2-4-6-11)19-14-9-12(16)7-8-13(14)17/h2-10,15H,18H2,1H3. The van der Waals surface area contributed by atoms with Gasteiger partial charge in [-0.15, -0.1) is 0 Å². The van der Waals surface area contributed by atoms with Crippen LogP contribution in [0.15, 0.2) is 48.5 Å². The summed E-state index contributed by atoms with van der Waals surface area (Å²) in [6, 6.07) is 14.8. The molecular weight excluding hydrogens is 281 g/mol. The Labute approximate surface area is 123 Å². The summed E-state index contributed by atoms with van der Waals surface area (Å²) in [5.41, 5.74) is 7.01. The van der Waals surface area contributed by atoms with Gasteiger partial charge in [0.2, 0.25) is 0 Å². The Morgan fingerprint density at radius 1 is 1.05 bits per heavy atom. The molecule has 0 amide bonds. The van der Waals surface area contributed by atoms with Crippen molar-refractivity contribution in [1.82, 2.24) is 0 Å². The maximum absolute atomic E-state index is 6.11. The number of halogens is 2. The fourth-order valence-electron chi connectivity index (χ4n) is 1.83. The van der Waals surface area contributed by atoms with Crippen LogP contribution in [0.1, 0.15) is 18.6 Å². The molecule has 100 valence electrons. The molecule has 0 aliphatic rings. The second kappa shape index (κ2) is 6.29. The van der Waals surface area contributed by atoms with Crippen molar-refractivity contribution in [3.8, 4) is 5.75 Å². The van der Waals surface area contributed by atoms with Crippen LogP contribution >= 0.6 is 23.2 Å². The Morgan fingerprint density at radius 3 is 2.37 bits per heavy atom. The van der Waals surface area contributed by atoms with Crippen LogP contribution in [0, 0.1) is 0 Å². The molecule has 2 unspecified atom stereocenters. The molecule has 0 spiro atoms. The lowest BCUT2D eigenvalue weighted by Crippen LogP contribution is -2.29. The molecule has 2 atom stereocenters. The molecule has 4 heteroatoms. The van der Waals surface area contributed by atoms with Gasteiger partial charge in [-0.1, -0.05) is 53.5 Å². The number of nitrogens with two attached hydrogens (primary N) is 1. The van der Waals surface area contributed by atoms with Crippen LogP contribution in [0.5, 0.6) is 5.75 Å². The van der Waals surface area contributed by atoms with Gasteiger partial charge < -0.3 is 10.5 Å². The van der Waals surface area contributed by atoms with Crippen LogP contribution in [-0.2, 0) is 0 Å². The first-order valence-electron chi connectivity index (χ1n) is 6.00. The highest BCUT2D eigenvalue weighted by atomic mass is 35.5. The Morgan fingerprint density at radius 2 is 1.74 bits per heavy atom. The van der Waals surface area contributed by atoms with E-state index in [1.165, 1.54) is 0 Å². The predicted molar refractivity (Wildman–Crippen MR) is 79.9 cm³/mol. The van der Waals surface area contributed by atoms with Crippen LogP contribution in [0.25, 0.3) is 0 Å². The molecule has 2 aromatic carbocycles. The minimum atomic E-state index is -0.267. The van der Waals surface area contributed by atoms with Crippen LogP contribution in [0.3, 0.4) is 0 Å². The average Bonchev–Trinajstić information content (AvgIpc) is 2.40. The first-order chi connectivity index (χ1) is 9.08. The van der Waals surface area contributed by atoms with E-state index in [9.17, 15) is 0 Å². The largest absolute Gasteiger partial charge is 0.482 e. The fourth-order valence-corrected chi connectivity index (χ4v) is 2.15. The number of rotatable bonds is 4. The third-order valence-electron chi connectivity index (χ3n) is 2.75. The van der Waals surface area contributed by atoms with Gasteiger partial charge in [-0.05, 0) is 24.6 Å². The Kier molecular flexibility index (Phi) is 4.70. The summed E-state index contributed by atoms with van der Waals surface area (Å²) in [6.07, 6.45) is -0.267. The zero-order valence-electron chi connectivity index (χ0n) is 10.5. The Hall–Kier alpha value is -1.22. The molecule has 19 heavy (non-hydrogen) atoms. The lowest BCUT2D eigenvalue weighted by molar-refractivity contribution is 0.180. The normalized spacial score (nSPS) is 13.9. The minimum Gasteiger partial charge on any atom is -0.482 e. The lowest BCUT2D eigenvalue weighted by atomic mass is 10.0. The monoisotopic (exact) mass is 295 g/mol. The van der Waals surface area contributed by atoms with Crippen LogP contribution in [0.2, 0.25) is 10.0 Å². The van der Waals surface area contributed by atoms with Crippen LogP contribution < -0.4 is 10.5 Å². The van der Waals surface area contributed by atoms with Crippen molar-refractivity contribution >= 4 is 23.2 Å². The smallest absolute Gasteiger partial charge is 0.140 e. The molecule has 0 bridgehead atoms. The van der Waals surface area contributed by atoms with Crippen molar-refractivity contribution in [1.29, 1.82) is 0 Å². The maximum Gasteiger partial charge on any atom is 0.140 e. The first-order valence-corrected chi connectivity index (χ1v) is 6.76. The Balaban J connectivity index is 2.29. The zero-order chi connectivity index (χ0) is 13.8. The molecule has 0 fully saturated rings. The van der Waals surface area contributed by atoms with E-state index in [0.717, 1.165) is 5.56 Å². The maximum atomic E-state index is 6.11. The van der Waals surface area contributed by atoms with E-state index in [2.05, 4.69) is 0 Å². The van der Waals surface area contributed by atoms with Gasteiger partial charge in [0.05, 0.1) is 5.02 Å². The summed E-state index contributed by atoms with van der Waals surface area (Å²) in [7, 11) is 0. The first kappa shape index (κ1) is 14.2. The average molecular weight is 296 g/mol. The summed E-state index contributed by atoms with van der Waals surface area (Å²) in [5, 5.41) is 1.10. The summed E-state index contributed by atoms with van der Waals surface area (Å²) in [4.78, 5) is 0. The molecule has 2 N–H and O–H groups in total. The van der Waals surface area contributed by atoms with Gasteiger partial charge in [0.15, 0.2) is 0 Å². The van der Waals surface area contributed by atoms with E-state index < -0.39 is 0 Å². The minimum absolute atomic E-state index is 0.169. The van der Waals surface area contributed by atoms with Crippen molar-refractivity contribution in [2.45, 2.75) is 19.1 Å². The van der Waals surface area contributed by atoms with Gasteiger partial charge >= 0.3 is 0 Å². The van der Waals surface area contributed by atoms with Gasteiger partial charge in [-0.3, -0.25) is 0 Å². The van der Waals surface area contributed by atoms with Gasteiger partial charge in [0.25, 0.3) is 0 Å². The molecule has 0 aliphatic carbocycles. The van der Waals surface area contributed by atoms with E-state index in [0.29, 0.717) is 15.8 Å². The molecule has 2 nitrogen and oxygen atoms in total. The third kappa shape index (κ3) is 3.63. The van der Waals surface area contributed by atoms with Gasteiger partial charge in [0, 0.05) is 17.1 Å². The molecule has 0 saturated heterocycles. The Bertz CT molecular complexity index is 543. The van der Waals surface area contributed by atoms with Crippen molar-refractivity contribution in [3.05, 3.63) is 64.1 Å². The van der Waals surface area contributed by atoms with E-state index in [1.54, 1.807) is 18.2 Å². The molecule has 0 saturated carbocycles. The molecule has 2 rings (SSSR count). The molecule has 2 aromatic rings. The highest BCUT2D eigenvalue weighted by molar-refractivity contribution is 6.34. The van der Waals surface area contributed by atoms with Gasteiger partial charge in [0.1, 0.15) is 11.9 Å². The second-order valence-corrected chi connectivity index (χ2v) is 5.23. The quantitative estimate of drug-likeness (QED) is 0.904. The summed E-state index contributed by atoms with van der Waals surface area (Å²) in [5.74, 6) is 0.542. The highest BCUT2D eigenvalue weighted by Gasteiger charge is 2.19. The predicted octanol–water partition coefficient (Wildman–Crippen LogP) is 4.46. The molecule has 0 radical (unpaired) electrons. The van der Waals surface area contributed by atoms with Crippen LogP contribution in [0.4, 0.5) is 0 Å². The summed E-state index contributed by atoms with van der Waals surface area (Å²) < 4.78 is 5.93. The van der Waals surface area contributed by atoms with Crippen molar-refractivity contribution in [2.24, 2.45) is 5.73 Å². The summed E-state index contributed by atoms with van der Waals surface area (Å²) in [6.45, 7) is 1.90. The lowest BCUT2D eigenvalue weighted by Gasteiger charge is -2.23. The van der Waals surface area contributed by atoms with Crippen molar-refractivity contribution in [3.63, 3.8) is 0 Å². The fraction of sp³-hybridized carbons (Fsp3) is 0.200. The SMILES string of the molecule is CC(N)C(Oc1cc(Cl)ccc1Cl)c1ccccc1. The topological polar surface area (TPSA) is 35.2 Å². The van der Waals surface area contributed by atoms with E-state index in [1.807, 2.05) is 37.3 Å². The zero-order valence-corrected chi connectivity index (χ0v) is 12.0. The van der Waals surface area contributed by atoms with Gasteiger partial charge in [-0.2, -0.15) is 0 Å². The second-order valence-electron chi connectivity index (χ2n) is 4.38.